The summed E-state index contributed by atoms with van der Waals surface area (Å²) in [5.74, 6) is 0.758. The van der Waals surface area contributed by atoms with Gasteiger partial charge in [0.15, 0.2) is 5.76 Å². The van der Waals surface area contributed by atoms with Crippen LogP contribution in [-0.4, -0.2) is 37.2 Å². The summed E-state index contributed by atoms with van der Waals surface area (Å²) in [4.78, 5) is 8.06. The van der Waals surface area contributed by atoms with E-state index in [4.69, 9.17) is 19.2 Å². The van der Waals surface area contributed by atoms with Crippen LogP contribution in [0.4, 0.5) is 11.4 Å². The van der Waals surface area contributed by atoms with Crippen molar-refractivity contribution >= 4 is 28.9 Å². The van der Waals surface area contributed by atoms with Crippen molar-refractivity contribution in [1.82, 2.24) is 4.68 Å². The second-order valence-corrected chi connectivity index (χ2v) is 8.87. The van der Waals surface area contributed by atoms with Gasteiger partial charge >= 0.3 is 0 Å². The van der Waals surface area contributed by atoms with Gasteiger partial charge in [-0.1, -0.05) is 24.3 Å². The van der Waals surface area contributed by atoms with Crippen molar-refractivity contribution in [2.45, 2.75) is 13.8 Å². The van der Waals surface area contributed by atoms with Crippen molar-refractivity contribution < 1.29 is 9.15 Å². The van der Waals surface area contributed by atoms with Crippen molar-refractivity contribution in [3.63, 3.8) is 0 Å². The molecule has 1 saturated heterocycles. The Kier molecular flexibility index (Phi) is 6.24. The van der Waals surface area contributed by atoms with E-state index in [-0.39, 0.29) is 0 Å². The van der Waals surface area contributed by atoms with Gasteiger partial charge in [-0.15, -0.1) is 11.3 Å². The van der Waals surface area contributed by atoms with Crippen molar-refractivity contribution in [3.8, 4) is 11.5 Å². The first-order chi connectivity index (χ1) is 16.2. The molecule has 6 nitrogen and oxygen atoms in total. The smallest absolute Gasteiger partial charge is 0.211 e. The van der Waals surface area contributed by atoms with E-state index in [2.05, 4.69) is 61.2 Å². The lowest BCUT2D eigenvalue weighted by atomic mass is 10.1. The molecule has 0 atom stereocenters. The van der Waals surface area contributed by atoms with Crippen LogP contribution in [0.1, 0.15) is 16.7 Å². The van der Waals surface area contributed by atoms with E-state index in [1.54, 1.807) is 17.6 Å². The number of hydrogen-bond acceptors (Lipinski definition) is 6. The maximum atomic E-state index is 5.66. The third-order valence-electron chi connectivity index (χ3n) is 5.63. The van der Waals surface area contributed by atoms with Crippen LogP contribution in [0.5, 0.6) is 0 Å². The second kappa shape index (κ2) is 9.60. The van der Waals surface area contributed by atoms with Gasteiger partial charge in [0.05, 0.1) is 31.4 Å². The van der Waals surface area contributed by atoms with Gasteiger partial charge in [0.2, 0.25) is 4.80 Å². The lowest BCUT2D eigenvalue weighted by Crippen LogP contribution is -2.36. The number of ether oxygens (including phenoxy) is 1. The number of morpholine rings is 1. The zero-order valence-corrected chi connectivity index (χ0v) is 19.6. The molecule has 0 unspecified atom stereocenters. The van der Waals surface area contributed by atoms with Crippen LogP contribution in [0.15, 0.2) is 80.8 Å². The van der Waals surface area contributed by atoms with Gasteiger partial charge in [0, 0.05) is 24.2 Å². The van der Waals surface area contributed by atoms with Gasteiger partial charge in [-0.05, 0) is 60.9 Å². The standard InChI is InChI=1S/C26H26N4O2S/c1-19-5-6-20(2)23(16-19)28-26-30(24(18-33-26)25-4-3-13-32-25)27-17-21-7-9-22(10-8-21)29-11-14-31-15-12-29/h3-10,13,16-18H,11-12,14-15H2,1-2H3. The number of hydrogen-bond donors (Lipinski definition) is 0. The van der Waals surface area contributed by atoms with E-state index in [0.29, 0.717) is 0 Å². The van der Waals surface area contributed by atoms with E-state index in [1.807, 2.05) is 28.4 Å². The van der Waals surface area contributed by atoms with Crippen LogP contribution in [0, 0.1) is 13.8 Å². The summed E-state index contributed by atoms with van der Waals surface area (Å²) < 4.78 is 13.0. The fourth-order valence-electron chi connectivity index (χ4n) is 3.74. The van der Waals surface area contributed by atoms with E-state index in [0.717, 1.165) is 59.4 Å². The fourth-order valence-corrected chi connectivity index (χ4v) is 4.57. The molecule has 0 bridgehead atoms. The van der Waals surface area contributed by atoms with Gasteiger partial charge in [-0.2, -0.15) is 5.10 Å². The average Bonchev–Trinajstić information content (AvgIpc) is 3.51. The van der Waals surface area contributed by atoms with Crippen molar-refractivity contribution in [3.05, 3.63) is 87.7 Å². The predicted molar refractivity (Wildman–Crippen MR) is 134 cm³/mol. The molecule has 2 aromatic heterocycles. The maximum absolute atomic E-state index is 5.66. The zero-order chi connectivity index (χ0) is 22.6. The summed E-state index contributed by atoms with van der Waals surface area (Å²) in [5.41, 5.74) is 6.35. The number of nitrogens with zero attached hydrogens (tertiary/aromatic N) is 4. The van der Waals surface area contributed by atoms with Crippen LogP contribution in [0.2, 0.25) is 0 Å². The molecular weight excluding hydrogens is 432 g/mol. The van der Waals surface area contributed by atoms with Crippen LogP contribution in [0.3, 0.4) is 0 Å². The SMILES string of the molecule is Cc1ccc(C)c(N=c2scc(-c3ccco3)n2N=Cc2ccc(N3CCOCC3)cc2)c1. The highest BCUT2D eigenvalue weighted by molar-refractivity contribution is 7.07. The minimum absolute atomic E-state index is 0.758. The Morgan fingerprint density at radius 3 is 2.58 bits per heavy atom. The molecule has 3 heterocycles. The number of furan rings is 1. The highest BCUT2D eigenvalue weighted by Crippen LogP contribution is 2.23. The molecule has 0 radical (unpaired) electrons. The molecule has 5 rings (SSSR count). The maximum Gasteiger partial charge on any atom is 0.211 e. The van der Waals surface area contributed by atoms with E-state index in [9.17, 15) is 0 Å². The van der Waals surface area contributed by atoms with Crippen LogP contribution in [0.25, 0.3) is 11.5 Å². The molecule has 168 valence electrons. The van der Waals surface area contributed by atoms with Crippen LogP contribution in [-0.2, 0) is 4.74 Å². The molecule has 0 saturated carbocycles. The number of anilines is 1. The zero-order valence-electron chi connectivity index (χ0n) is 18.8. The number of aryl methyl sites for hydroxylation is 2. The molecule has 1 fully saturated rings. The molecule has 0 amide bonds. The highest BCUT2D eigenvalue weighted by Gasteiger charge is 2.12. The van der Waals surface area contributed by atoms with Crippen molar-refractivity contribution in [2.75, 3.05) is 31.2 Å². The Hall–Kier alpha value is -3.42. The first-order valence-electron chi connectivity index (χ1n) is 11.0. The number of aromatic nitrogens is 1. The fraction of sp³-hybridized carbons (Fsp3) is 0.231. The lowest BCUT2D eigenvalue weighted by Gasteiger charge is -2.28. The lowest BCUT2D eigenvalue weighted by molar-refractivity contribution is 0.122. The largest absolute Gasteiger partial charge is 0.463 e. The normalized spacial score (nSPS) is 15.0. The molecule has 1 aliphatic heterocycles. The number of rotatable bonds is 5. The molecule has 4 aromatic rings. The predicted octanol–water partition coefficient (Wildman–Crippen LogP) is 5.38. The Labute approximate surface area is 197 Å². The Morgan fingerprint density at radius 1 is 1.00 bits per heavy atom. The quantitative estimate of drug-likeness (QED) is 0.378. The average molecular weight is 459 g/mol. The summed E-state index contributed by atoms with van der Waals surface area (Å²) in [6.45, 7) is 7.55. The molecule has 33 heavy (non-hydrogen) atoms. The van der Waals surface area contributed by atoms with Crippen molar-refractivity contribution in [1.29, 1.82) is 0 Å². The van der Waals surface area contributed by atoms with E-state index < -0.39 is 0 Å². The van der Waals surface area contributed by atoms with E-state index in [1.165, 1.54) is 11.3 Å². The second-order valence-electron chi connectivity index (χ2n) is 8.03. The Morgan fingerprint density at radius 2 is 1.82 bits per heavy atom. The first-order valence-corrected chi connectivity index (χ1v) is 11.9. The van der Waals surface area contributed by atoms with Gasteiger partial charge in [-0.3, -0.25) is 0 Å². The summed E-state index contributed by atoms with van der Waals surface area (Å²) in [5, 5.41) is 6.83. The minimum Gasteiger partial charge on any atom is -0.463 e. The molecule has 0 spiro atoms. The van der Waals surface area contributed by atoms with Crippen LogP contribution >= 0.6 is 11.3 Å². The van der Waals surface area contributed by atoms with Gasteiger partial charge in [0.25, 0.3) is 0 Å². The molecule has 0 aliphatic carbocycles. The third-order valence-corrected chi connectivity index (χ3v) is 6.45. The first kappa shape index (κ1) is 21.4. The molecule has 1 aliphatic rings. The third kappa shape index (κ3) is 4.84. The monoisotopic (exact) mass is 458 g/mol. The number of thiazole rings is 1. The molecular formula is C26H26N4O2S. The minimum atomic E-state index is 0.758. The van der Waals surface area contributed by atoms with Crippen molar-refractivity contribution in [2.24, 2.45) is 10.1 Å². The summed E-state index contributed by atoms with van der Waals surface area (Å²) in [6.07, 6.45) is 3.54. The topological polar surface area (TPSA) is 55.3 Å². The molecule has 0 N–H and O–H groups in total. The van der Waals surface area contributed by atoms with E-state index >= 15 is 0 Å². The summed E-state index contributed by atoms with van der Waals surface area (Å²) in [6, 6.07) is 18.6. The molecule has 7 heteroatoms. The van der Waals surface area contributed by atoms with Gasteiger partial charge in [0.1, 0.15) is 5.69 Å². The van der Waals surface area contributed by atoms with Gasteiger partial charge in [-0.25, -0.2) is 9.67 Å². The van der Waals surface area contributed by atoms with Crippen LogP contribution < -0.4 is 9.70 Å². The highest BCUT2D eigenvalue weighted by atomic mass is 32.1. The summed E-state index contributed by atoms with van der Waals surface area (Å²) >= 11 is 1.54. The molecule has 2 aromatic carbocycles. The number of benzene rings is 2. The Bertz CT molecular complexity index is 1310. The van der Waals surface area contributed by atoms with Gasteiger partial charge < -0.3 is 14.1 Å². The summed E-state index contributed by atoms with van der Waals surface area (Å²) in [7, 11) is 0. The Balaban J connectivity index is 1.50.